The summed E-state index contributed by atoms with van der Waals surface area (Å²) >= 11 is 1.78. The van der Waals surface area contributed by atoms with Crippen molar-refractivity contribution in [2.24, 2.45) is 0 Å². The molecular formula is C16H16N2O2S. The molecule has 0 atom stereocenters. The lowest BCUT2D eigenvalue weighted by Gasteiger charge is -2.28. The van der Waals surface area contributed by atoms with Gasteiger partial charge in [-0.05, 0) is 24.3 Å². The number of benzene rings is 2. The zero-order chi connectivity index (χ0) is 14.7. The lowest BCUT2D eigenvalue weighted by atomic mass is 10.2. The van der Waals surface area contributed by atoms with E-state index in [2.05, 4.69) is 0 Å². The highest BCUT2D eigenvalue weighted by molar-refractivity contribution is 7.99. The van der Waals surface area contributed by atoms with Crippen molar-refractivity contribution in [2.45, 2.75) is 4.90 Å². The number of anilines is 2. The number of hydrogen-bond acceptors (Lipinski definition) is 4. The average molecular weight is 300 g/mol. The zero-order valence-corrected chi connectivity index (χ0v) is 12.3. The van der Waals surface area contributed by atoms with E-state index in [-0.39, 0.29) is 12.5 Å². The van der Waals surface area contributed by atoms with Gasteiger partial charge in [-0.15, -0.1) is 11.8 Å². The predicted molar refractivity (Wildman–Crippen MR) is 85.9 cm³/mol. The molecule has 21 heavy (non-hydrogen) atoms. The first-order valence-corrected chi connectivity index (χ1v) is 7.73. The quantitative estimate of drug-likeness (QED) is 0.886. The van der Waals surface area contributed by atoms with Crippen LogP contribution in [0, 0.1) is 0 Å². The second kappa shape index (κ2) is 6.10. The Kier molecular flexibility index (Phi) is 4.01. The number of fused-ring (bicyclic) bond motifs is 1. The molecular weight excluding hydrogens is 284 g/mol. The van der Waals surface area contributed by atoms with Gasteiger partial charge in [0.15, 0.2) is 6.61 Å². The van der Waals surface area contributed by atoms with E-state index in [4.69, 9.17) is 10.5 Å². The van der Waals surface area contributed by atoms with Crippen molar-refractivity contribution in [3.8, 4) is 5.75 Å². The van der Waals surface area contributed by atoms with E-state index in [0.29, 0.717) is 18.0 Å². The van der Waals surface area contributed by atoms with E-state index >= 15 is 0 Å². The number of para-hydroxylation sites is 1. The lowest BCUT2D eigenvalue weighted by molar-refractivity contribution is -0.120. The predicted octanol–water partition coefficient (Wildman–Crippen LogP) is 2.79. The average Bonchev–Trinajstić information content (AvgIpc) is 2.52. The summed E-state index contributed by atoms with van der Waals surface area (Å²) in [4.78, 5) is 15.3. The van der Waals surface area contributed by atoms with Gasteiger partial charge in [-0.25, -0.2) is 0 Å². The van der Waals surface area contributed by atoms with Gasteiger partial charge in [0, 0.05) is 28.9 Å². The Morgan fingerprint density at radius 1 is 1.24 bits per heavy atom. The molecule has 108 valence electrons. The van der Waals surface area contributed by atoms with E-state index < -0.39 is 0 Å². The van der Waals surface area contributed by atoms with E-state index in [1.165, 1.54) is 0 Å². The van der Waals surface area contributed by atoms with Gasteiger partial charge in [-0.3, -0.25) is 4.79 Å². The third-order valence-electron chi connectivity index (χ3n) is 3.25. The second-order valence-electron chi connectivity index (χ2n) is 4.72. The Labute approximate surface area is 127 Å². The Balaban J connectivity index is 1.69. The van der Waals surface area contributed by atoms with Crippen LogP contribution in [0.15, 0.2) is 53.4 Å². The molecule has 0 saturated heterocycles. The molecule has 4 nitrogen and oxygen atoms in total. The Morgan fingerprint density at radius 3 is 2.95 bits per heavy atom. The zero-order valence-electron chi connectivity index (χ0n) is 11.5. The van der Waals surface area contributed by atoms with E-state index in [1.54, 1.807) is 34.9 Å². The molecule has 1 amide bonds. The first-order chi connectivity index (χ1) is 10.2. The highest BCUT2D eigenvalue weighted by Crippen LogP contribution is 2.34. The standard InChI is InChI=1S/C16H16N2O2S/c17-12-4-3-5-13(10-12)20-11-16(19)18-8-9-21-15-7-2-1-6-14(15)18/h1-7,10H,8-9,11,17H2. The molecule has 1 aliphatic heterocycles. The first kappa shape index (κ1) is 13.8. The van der Waals surface area contributed by atoms with Crippen molar-refractivity contribution in [3.05, 3.63) is 48.5 Å². The minimum absolute atomic E-state index is 0.0163. The molecule has 2 aromatic carbocycles. The second-order valence-corrected chi connectivity index (χ2v) is 5.86. The molecule has 0 radical (unpaired) electrons. The largest absolute Gasteiger partial charge is 0.484 e. The van der Waals surface area contributed by atoms with Crippen LogP contribution in [0.2, 0.25) is 0 Å². The van der Waals surface area contributed by atoms with Crippen LogP contribution >= 0.6 is 11.8 Å². The molecule has 1 heterocycles. The highest BCUT2D eigenvalue weighted by atomic mass is 32.2. The summed E-state index contributed by atoms with van der Waals surface area (Å²) in [5, 5.41) is 0. The van der Waals surface area contributed by atoms with Gasteiger partial charge in [-0.1, -0.05) is 18.2 Å². The summed E-state index contributed by atoms with van der Waals surface area (Å²) < 4.78 is 5.54. The van der Waals surface area contributed by atoms with Gasteiger partial charge in [0.05, 0.1) is 5.69 Å². The normalized spacial score (nSPS) is 13.6. The smallest absolute Gasteiger partial charge is 0.264 e. The van der Waals surface area contributed by atoms with Crippen LogP contribution in [0.5, 0.6) is 5.75 Å². The lowest BCUT2D eigenvalue weighted by Crippen LogP contribution is -2.38. The monoisotopic (exact) mass is 300 g/mol. The van der Waals surface area contributed by atoms with Crippen LogP contribution in [0.4, 0.5) is 11.4 Å². The molecule has 0 aromatic heterocycles. The van der Waals surface area contributed by atoms with Crippen LogP contribution in [0.25, 0.3) is 0 Å². The molecule has 1 aliphatic rings. The number of ether oxygens (including phenoxy) is 1. The third kappa shape index (κ3) is 3.13. The summed E-state index contributed by atoms with van der Waals surface area (Å²) in [5.74, 6) is 1.48. The first-order valence-electron chi connectivity index (χ1n) is 6.74. The fraction of sp³-hybridized carbons (Fsp3) is 0.188. The molecule has 3 rings (SSSR count). The maximum Gasteiger partial charge on any atom is 0.264 e. The minimum atomic E-state index is -0.0369. The van der Waals surface area contributed by atoms with E-state index in [1.807, 2.05) is 30.3 Å². The number of nitrogen functional groups attached to an aromatic ring is 1. The van der Waals surface area contributed by atoms with Crippen molar-refractivity contribution in [3.63, 3.8) is 0 Å². The molecule has 0 aliphatic carbocycles. The van der Waals surface area contributed by atoms with Crippen molar-refractivity contribution < 1.29 is 9.53 Å². The molecule has 0 unspecified atom stereocenters. The molecule has 0 saturated carbocycles. The Hall–Kier alpha value is -2.14. The summed E-state index contributed by atoms with van der Waals surface area (Å²) in [5.41, 5.74) is 7.29. The number of amides is 1. The molecule has 5 heteroatoms. The van der Waals surface area contributed by atoms with Crippen molar-refractivity contribution in [1.29, 1.82) is 0 Å². The van der Waals surface area contributed by atoms with Gasteiger partial charge in [0.2, 0.25) is 0 Å². The molecule has 2 N–H and O–H groups in total. The Morgan fingerprint density at radius 2 is 2.10 bits per heavy atom. The summed E-state index contributed by atoms with van der Waals surface area (Å²) in [6, 6.07) is 15.1. The van der Waals surface area contributed by atoms with Crippen molar-refractivity contribution in [2.75, 3.05) is 29.5 Å². The van der Waals surface area contributed by atoms with E-state index in [9.17, 15) is 4.79 Å². The van der Waals surface area contributed by atoms with Gasteiger partial charge in [0.1, 0.15) is 5.75 Å². The maximum absolute atomic E-state index is 12.4. The van der Waals surface area contributed by atoms with Crippen LogP contribution in [-0.4, -0.2) is 24.8 Å². The topological polar surface area (TPSA) is 55.6 Å². The van der Waals surface area contributed by atoms with E-state index in [0.717, 1.165) is 16.3 Å². The fourth-order valence-electron chi connectivity index (χ4n) is 2.26. The van der Waals surface area contributed by atoms with Crippen LogP contribution in [0.3, 0.4) is 0 Å². The third-order valence-corrected chi connectivity index (χ3v) is 4.29. The van der Waals surface area contributed by atoms with Gasteiger partial charge < -0.3 is 15.4 Å². The fourth-order valence-corrected chi connectivity index (χ4v) is 3.25. The number of rotatable bonds is 3. The maximum atomic E-state index is 12.4. The number of carbonyl (C=O) groups excluding carboxylic acids is 1. The van der Waals surface area contributed by atoms with Crippen LogP contribution in [-0.2, 0) is 4.79 Å². The number of carbonyl (C=O) groups is 1. The van der Waals surface area contributed by atoms with Gasteiger partial charge >= 0.3 is 0 Å². The number of nitrogens with two attached hydrogens (primary N) is 1. The summed E-state index contributed by atoms with van der Waals surface area (Å²) in [6.07, 6.45) is 0. The molecule has 0 spiro atoms. The molecule has 0 fully saturated rings. The molecule has 0 bridgehead atoms. The molecule has 2 aromatic rings. The SMILES string of the molecule is Nc1cccc(OCC(=O)N2CCSc3ccccc32)c1. The van der Waals surface area contributed by atoms with Crippen LogP contribution < -0.4 is 15.4 Å². The van der Waals surface area contributed by atoms with Crippen LogP contribution in [0.1, 0.15) is 0 Å². The highest BCUT2D eigenvalue weighted by Gasteiger charge is 2.22. The summed E-state index contributed by atoms with van der Waals surface area (Å²) in [6.45, 7) is 0.725. The van der Waals surface area contributed by atoms with Gasteiger partial charge in [0.25, 0.3) is 5.91 Å². The minimum Gasteiger partial charge on any atom is -0.484 e. The van der Waals surface area contributed by atoms with Gasteiger partial charge in [-0.2, -0.15) is 0 Å². The summed E-state index contributed by atoms with van der Waals surface area (Å²) in [7, 11) is 0. The Bertz CT molecular complexity index is 660. The van der Waals surface area contributed by atoms with Crippen molar-refractivity contribution in [1.82, 2.24) is 0 Å². The number of hydrogen-bond donors (Lipinski definition) is 1. The van der Waals surface area contributed by atoms with Crippen molar-refractivity contribution >= 4 is 29.0 Å². The number of nitrogens with zero attached hydrogens (tertiary/aromatic N) is 1. The number of thioether (sulfide) groups is 1.